The monoisotopic (exact) mass is 461 g/mol. The average molecular weight is 462 g/mol. The Balaban J connectivity index is 1.49. The largest absolute Gasteiger partial charge is 0.497 e. The van der Waals surface area contributed by atoms with Crippen molar-refractivity contribution >= 4 is 29.1 Å². The second kappa shape index (κ2) is 11.3. The molecule has 1 fully saturated rings. The van der Waals surface area contributed by atoms with Crippen LogP contribution in [0.5, 0.6) is 5.75 Å². The van der Waals surface area contributed by atoms with E-state index < -0.39 is 11.9 Å². The highest BCUT2D eigenvalue weighted by Gasteiger charge is 2.26. The molecule has 1 aliphatic rings. The first-order chi connectivity index (χ1) is 15.4. The molecule has 1 unspecified atom stereocenters. The number of methoxy groups -OCH3 is 1. The smallest absolute Gasteiger partial charge is 0.241 e. The molecule has 1 atom stereocenters. The second-order valence-electron chi connectivity index (χ2n) is 7.91. The molecule has 0 aliphatic carbocycles. The predicted molar refractivity (Wildman–Crippen MR) is 124 cm³/mol. The molecule has 1 N–H and O–H groups in total. The predicted octanol–water partition coefficient (Wildman–Crippen LogP) is 3.98. The summed E-state index contributed by atoms with van der Waals surface area (Å²) >= 11 is 5.77. The van der Waals surface area contributed by atoms with Crippen molar-refractivity contribution in [2.24, 2.45) is 0 Å². The number of nitrogens with one attached hydrogen (secondary N) is 1. The van der Waals surface area contributed by atoms with Crippen LogP contribution in [0.25, 0.3) is 0 Å². The minimum Gasteiger partial charge on any atom is -0.497 e. The molecule has 3 rings (SSSR count). The van der Waals surface area contributed by atoms with Crippen molar-refractivity contribution in [2.45, 2.75) is 32.2 Å². The van der Waals surface area contributed by atoms with Gasteiger partial charge < -0.3 is 15.0 Å². The molecule has 172 valence electrons. The number of hydrogen-bond donors (Lipinski definition) is 1. The lowest BCUT2D eigenvalue weighted by Crippen LogP contribution is -2.44. The molecule has 2 amide bonds. The molecular weight excluding hydrogens is 433 g/mol. The van der Waals surface area contributed by atoms with Crippen LogP contribution in [0.3, 0.4) is 0 Å². The van der Waals surface area contributed by atoms with E-state index in [9.17, 15) is 14.0 Å². The third kappa shape index (κ3) is 6.43. The Kier molecular flexibility index (Phi) is 8.47. The Hall–Kier alpha value is -2.64. The maximum absolute atomic E-state index is 14.0. The van der Waals surface area contributed by atoms with Crippen LogP contribution in [0.2, 0.25) is 5.02 Å². The summed E-state index contributed by atoms with van der Waals surface area (Å²) in [6.45, 7) is 4.31. The molecule has 6 nitrogen and oxygen atoms in total. The first-order valence-electron chi connectivity index (χ1n) is 10.8. The van der Waals surface area contributed by atoms with Gasteiger partial charge >= 0.3 is 0 Å². The van der Waals surface area contributed by atoms with Crippen molar-refractivity contribution < 1.29 is 18.7 Å². The number of amides is 2. The minimum atomic E-state index is -0.567. The Bertz CT molecular complexity index is 939. The van der Waals surface area contributed by atoms with Crippen molar-refractivity contribution in [2.75, 3.05) is 38.6 Å². The van der Waals surface area contributed by atoms with E-state index >= 15 is 0 Å². The molecule has 0 aromatic heterocycles. The lowest BCUT2D eigenvalue weighted by Gasteiger charge is -2.27. The van der Waals surface area contributed by atoms with Crippen molar-refractivity contribution in [1.82, 2.24) is 9.80 Å². The molecule has 0 bridgehead atoms. The lowest BCUT2D eigenvalue weighted by atomic mass is 10.1. The van der Waals surface area contributed by atoms with Crippen molar-refractivity contribution in [1.29, 1.82) is 0 Å². The Morgan fingerprint density at radius 2 is 1.88 bits per heavy atom. The van der Waals surface area contributed by atoms with Gasteiger partial charge in [0.05, 0.1) is 18.8 Å². The van der Waals surface area contributed by atoms with Gasteiger partial charge in [0, 0.05) is 37.6 Å². The number of rotatable bonds is 7. The molecular formula is C24H29ClFN3O3. The molecule has 8 heteroatoms. The number of hydrogen-bond acceptors (Lipinski definition) is 4. The summed E-state index contributed by atoms with van der Waals surface area (Å²) in [5.74, 6) is 0.0562. The van der Waals surface area contributed by atoms with E-state index in [1.54, 1.807) is 14.0 Å². The normalized spacial score (nSPS) is 15.7. The average Bonchev–Trinajstić information content (AvgIpc) is 3.05. The number of ether oxygens (including phenoxy) is 1. The number of benzene rings is 2. The topological polar surface area (TPSA) is 61.9 Å². The zero-order chi connectivity index (χ0) is 23.1. The molecule has 1 aliphatic heterocycles. The summed E-state index contributed by atoms with van der Waals surface area (Å²) in [5.41, 5.74) is 1.20. The van der Waals surface area contributed by atoms with E-state index in [0.717, 1.165) is 17.7 Å². The molecule has 2 aromatic carbocycles. The molecule has 0 spiro atoms. The SMILES string of the molecule is COc1ccc(CCC(=O)N2CCCN(C(C)C(=O)Nc3ccc(Cl)cc3F)CC2)cc1. The number of carbonyl (C=O) groups excluding carboxylic acids is 2. The van der Waals surface area contributed by atoms with Gasteiger partial charge in [0.1, 0.15) is 11.6 Å². The van der Waals surface area contributed by atoms with Crippen molar-refractivity contribution in [3.63, 3.8) is 0 Å². The molecule has 0 saturated carbocycles. The minimum absolute atomic E-state index is 0.108. The highest BCUT2D eigenvalue weighted by molar-refractivity contribution is 6.30. The van der Waals surface area contributed by atoms with Crippen LogP contribution in [0.4, 0.5) is 10.1 Å². The second-order valence-corrected chi connectivity index (χ2v) is 8.34. The van der Waals surface area contributed by atoms with E-state index in [1.807, 2.05) is 34.1 Å². The van der Waals surface area contributed by atoms with Gasteiger partial charge in [-0.3, -0.25) is 14.5 Å². The van der Waals surface area contributed by atoms with Crippen molar-refractivity contribution in [3.8, 4) is 5.75 Å². The molecule has 1 heterocycles. The Labute approximate surface area is 193 Å². The maximum Gasteiger partial charge on any atom is 0.241 e. The summed E-state index contributed by atoms with van der Waals surface area (Å²) in [6.07, 6.45) is 1.90. The van der Waals surface area contributed by atoms with Crippen LogP contribution in [0.1, 0.15) is 25.3 Å². The molecule has 1 saturated heterocycles. The summed E-state index contributed by atoms with van der Waals surface area (Å²) in [4.78, 5) is 29.3. The van der Waals surface area contributed by atoms with Crippen molar-refractivity contribution in [3.05, 3.63) is 58.9 Å². The molecule has 0 radical (unpaired) electrons. The number of aryl methyl sites for hydroxylation is 1. The lowest BCUT2D eigenvalue weighted by molar-refractivity contribution is -0.131. The Morgan fingerprint density at radius 1 is 1.12 bits per heavy atom. The highest BCUT2D eigenvalue weighted by Crippen LogP contribution is 2.20. The van der Waals surface area contributed by atoms with Crippen LogP contribution in [-0.4, -0.2) is 60.9 Å². The fraction of sp³-hybridized carbons (Fsp3) is 0.417. The fourth-order valence-electron chi connectivity index (χ4n) is 3.77. The molecule has 2 aromatic rings. The summed E-state index contributed by atoms with van der Waals surface area (Å²) < 4.78 is 19.2. The first kappa shape index (κ1) is 24.0. The summed E-state index contributed by atoms with van der Waals surface area (Å²) in [6, 6.07) is 11.4. The maximum atomic E-state index is 14.0. The fourth-order valence-corrected chi connectivity index (χ4v) is 3.93. The van der Waals surface area contributed by atoms with E-state index in [1.165, 1.54) is 18.2 Å². The van der Waals surface area contributed by atoms with Gasteiger partial charge in [-0.05, 0) is 55.7 Å². The van der Waals surface area contributed by atoms with Gasteiger partial charge in [-0.2, -0.15) is 0 Å². The third-order valence-electron chi connectivity index (χ3n) is 5.79. The van der Waals surface area contributed by atoms with Gasteiger partial charge in [0.15, 0.2) is 0 Å². The van der Waals surface area contributed by atoms with Crippen LogP contribution in [-0.2, 0) is 16.0 Å². The molecule has 32 heavy (non-hydrogen) atoms. The van der Waals surface area contributed by atoms with Gasteiger partial charge in [-0.1, -0.05) is 23.7 Å². The van der Waals surface area contributed by atoms with Crippen LogP contribution >= 0.6 is 11.6 Å². The van der Waals surface area contributed by atoms with Gasteiger partial charge in [-0.15, -0.1) is 0 Å². The quantitative estimate of drug-likeness (QED) is 0.677. The number of anilines is 1. The van der Waals surface area contributed by atoms with Crippen LogP contribution < -0.4 is 10.1 Å². The van der Waals surface area contributed by atoms with Crippen LogP contribution in [0.15, 0.2) is 42.5 Å². The number of halogens is 2. The van der Waals surface area contributed by atoms with E-state index in [-0.39, 0.29) is 22.5 Å². The first-order valence-corrected chi connectivity index (χ1v) is 11.2. The number of carbonyl (C=O) groups is 2. The summed E-state index contributed by atoms with van der Waals surface area (Å²) in [7, 11) is 1.63. The van der Waals surface area contributed by atoms with Crippen LogP contribution in [0, 0.1) is 5.82 Å². The van der Waals surface area contributed by atoms with Gasteiger partial charge in [0.2, 0.25) is 11.8 Å². The van der Waals surface area contributed by atoms with Gasteiger partial charge in [-0.25, -0.2) is 4.39 Å². The zero-order valence-corrected chi connectivity index (χ0v) is 19.2. The zero-order valence-electron chi connectivity index (χ0n) is 18.4. The standard InChI is InChI=1S/C24H29ClFN3O3/c1-17(24(31)27-22-10-7-19(25)16-21(22)26)28-12-3-13-29(15-14-28)23(30)11-6-18-4-8-20(32-2)9-5-18/h4-5,7-10,16-17H,3,6,11-15H2,1-2H3,(H,27,31). The third-order valence-corrected chi connectivity index (χ3v) is 6.02. The van der Waals surface area contributed by atoms with E-state index in [0.29, 0.717) is 39.0 Å². The van der Waals surface area contributed by atoms with Gasteiger partial charge in [0.25, 0.3) is 0 Å². The van der Waals surface area contributed by atoms with E-state index in [2.05, 4.69) is 5.32 Å². The number of nitrogens with zero attached hydrogens (tertiary/aromatic N) is 2. The highest BCUT2D eigenvalue weighted by atomic mass is 35.5. The summed E-state index contributed by atoms with van der Waals surface area (Å²) in [5, 5.41) is 2.91. The van der Waals surface area contributed by atoms with E-state index in [4.69, 9.17) is 16.3 Å². The Morgan fingerprint density at radius 3 is 2.56 bits per heavy atom.